The van der Waals surface area contributed by atoms with Crippen LogP contribution in [0.1, 0.15) is 38.9 Å². The lowest BCUT2D eigenvalue weighted by molar-refractivity contribution is 0.223. The van der Waals surface area contributed by atoms with E-state index in [1.54, 1.807) is 6.07 Å². The molecule has 1 fully saturated rings. The lowest BCUT2D eigenvalue weighted by Gasteiger charge is -2.33. The molecular weight excluding hydrogens is 222 g/mol. The fourth-order valence-corrected chi connectivity index (χ4v) is 2.81. The zero-order valence-corrected chi connectivity index (χ0v) is 10.8. The van der Waals surface area contributed by atoms with Crippen molar-refractivity contribution >= 4 is 11.6 Å². The molecule has 1 saturated carbocycles. The second-order valence-electron chi connectivity index (χ2n) is 5.09. The van der Waals surface area contributed by atoms with Crippen LogP contribution in [0.5, 0.6) is 0 Å². The van der Waals surface area contributed by atoms with Gasteiger partial charge in [-0.2, -0.15) is 0 Å². The Bertz CT molecular complexity index is 336. The predicted molar refractivity (Wildman–Crippen MR) is 66.5 cm³/mol. The maximum atomic E-state index is 5.74. The van der Waals surface area contributed by atoms with E-state index in [1.165, 1.54) is 19.3 Å². The van der Waals surface area contributed by atoms with Gasteiger partial charge in [-0.05, 0) is 54.8 Å². The van der Waals surface area contributed by atoms with Crippen molar-refractivity contribution in [3.8, 4) is 0 Å². The molecule has 1 aromatic heterocycles. The van der Waals surface area contributed by atoms with Crippen LogP contribution in [0.3, 0.4) is 0 Å². The van der Waals surface area contributed by atoms with E-state index in [9.17, 15) is 0 Å². The Morgan fingerprint density at radius 1 is 1.38 bits per heavy atom. The van der Waals surface area contributed by atoms with Gasteiger partial charge in [-0.25, -0.2) is 0 Å². The Kier molecular flexibility index (Phi) is 3.93. The van der Waals surface area contributed by atoms with E-state index in [1.807, 2.05) is 6.07 Å². The van der Waals surface area contributed by atoms with E-state index in [4.69, 9.17) is 16.0 Å². The summed E-state index contributed by atoms with van der Waals surface area (Å²) in [5, 5.41) is 4.04. The van der Waals surface area contributed by atoms with Gasteiger partial charge in [-0.1, -0.05) is 13.8 Å². The third-order valence-corrected chi connectivity index (χ3v) is 3.80. The molecule has 1 aromatic rings. The van der Waals surface area contributed by atoms with Gasteiger partial charge in [-0.15, -0.1) is 0 Å². The largest absolute Gasteiger partial charge is 0.448 e. The predicted octanol–water partition coefficient (Wildman–Crippen LogP) is 3.85. The standard InChI is InChI=1S/C13H20ClNO/c1-9-3-5-12(10(2)7-9)15-8-11-4-6-13(14)16-11/h4,6,9-10,12,15H,3,5,7-8H2,1-2H3. The molecule has 0 aliphatic heterocycles. The highest BCUT2D eigenvalue weighted by molar-refractivity contribution is 6.28. The van der Waals surface area contributed by atoms with Crippen LogP contribution >= 0.6 is 11.6 Å². The molecule has 1 N–H and O–H groups in total. The van der Waals surface area contributed by atoms with Crippen molar-refractivity contribution in [2.75, 3.05) is 0 Å². The summed E-state index contributed by atoms with van der Waals surface area (Å²) in [6.07, 6.45) is 3.94. The van der Waals surface area contributed by atoms with Gasteiger partial charge in [0.05, 0.1) is 6.54 Å². The van der Waals surface area contributed by atoms with Crippen molar-refractivity contribution in [3.63, 3.8) is 0 Å². The monoisotopic (exact) mass is 241 g/mol. The van der Waals surface area contributed by atoms with Crippen molar-refractivity contribution in [2.24, 2.45) is 11.8 Å². The molecule has 0 spiro atoms. The Morgan fingerprint density at radius 3 is 2.81 bits per heavy atom. The fraction of sp³-hybridized carbons (Fsp3) is 0.692. The molecule has 0 aromatic carbocycles. The number of furan rings is 1. The molecule has 1 heterocycles. The molecule has 3 atom stereocenters. The van der Waals surface area contributed by atoms with Gasteiger partial charge in [0.15, 0.2) is 5.22 Å². The minimum absolute atomic E-state index is 0.474. The molecule has 3 unspecified atom stereocenters. The van der Waals surface area contributed by atoms with Gasteiger partial charge in [-0.3, -0.25) is 0 Å². The first-order valence-electron chi connectivity index (χ1n) is 6.12. The first kappa shape index (κ1) is 12.0. The lowest BCUT2D eigenvalue weighted by Crippen LogP contribution is -2.38. The molecule has 1 aliphatic rings. The van der Waals surface area contributed by atoms with Crippen molar-refractivity contribution < 1.29 is 4.42 Å². The van der Waals surface area contributed by atoms with Crippen molar-refractivity contribution in [1.82, 2.24) is 5.32 Å². The van der Waals surface area contributed by atoms with Crippen LogP contribution < -0.4 is 5.32 Å². The molecule has 0 amide bonds. The van der Waals surface area contributed by atoms with E-state index in [0.29, 0.717) is 11.3 Å². The zero-order chi connectivity index (χ0) is 11.5. The zero-order valence-electron chi connectivity index (χ0n) is 10.0. The van der Waals surface area contributed by atoms with Gasteiger partial charge < -0.3 is 9.73 Å². The minimum atomic E-state index is 0.474. The van der Waals surface area contributed by atoms with E-state index in [2.05, 4.69) is 19.2 Å². The van der Waals surface area contributed by atoms with E-state index in [-0.39, 0.29) is 0 Å². The summed E-state index contributed by atoms with van der Waals surface area (Å²) in [6, 6.07) is 4.36. The highest BCUT2D eigenvalue weighted by atomic mass is 35.5. The van der Waals surface area contributed by atoms with Crippen LogP contribution in [0.15, 0.2) is 16.5 Å². The average Bonchev–Trinajstić information content (AvgIpc) is 2.63. The Hall–Kier alpha value is -0.470. The normalized spacial score (nSPS) is 30.6. The van der Waals surface area contributed by atoms with Crippen LogP contribution in [-0.4, -0.2) is 6.04 Å². The third-order valence-electron chi connectivity index (χ3n) is 3.60. The van der Waals surface area contributed by atoms with Crippen molar-refractivity contribution in [3.05, 3.63) is 23.1 Å². The number of rotatable bonds is 3. The summed E-state index contributed by atoms with van der Waals surface area (Å²) in [4.78, 5) is 0. The van der Waals surface area contributed by atoms with E-state index in [0.717, 1.165) is 24.1 Å². The Balaban J connectivity index is 1.81. The first-order chi connectivity index (χ1) is 7.65. The molecule has 0 radical (unpaired) electrons. The van der Waals surface area contributed by atoms with Crippen LogP contribution in [-0.2, 0) is 6.54 Å². The minimum Gasteiger partial charge on any atom is -0.448 e. The van der Waals surface area contributed by atoms with Gasteiger partial charge in [0.2, 0.25) is 0 Å². The van der Waals surface area contributed by atoms with Crippen LogP contribution in [0, 0.1) is 11.8 Å². The maximum absolute atomic E-state index is 5.74. The summed E-state index contributed by atoms with van der Waals surface area (Å²) in [5.41, 5.74) is 0. The molecule has 90 valence electrons. The number of hydrogen-bond donors (Lipinski definition) is 1. The molecule has 2 nitrogen and oxygen atoms in total. The Labute approximate surface area is 102 Å². The fourth-order valence-electron chi connectivity index (χ4n) is 2.65. The topological polar surface area (TPSA) is 25.2 Å². The number of halogens is 1. The summed E-state index contributed by atoms with van der Waals surface area (Å²) >= 11 is 5.74. The average molecular weight is 242 g/mol. The molecule has 3 heteroatoms. The van der Waals surface area contributed by atoms with Crippen molar-refractivity contribution in [2.45, 2.75) is 45.7 Å². The molecule has 0 bridgehead atoms. The summed E-state index contributed by atoms with van der Waals surface area (Å²) in [5.74, 6) is 2.57. The maximum Gasteiger partial charge on any atom is 0.193 e. The van der Waals surface area contributed by atoms with Crippen molar-refractivity contribution in [1.29, 1.82) is 0 Å². The van der Waals surface area contributed by atoms with Gasteiger partial charge in [0.1, 0.15) is 5.76 Å². The van der Waals surface area contributed by atoms with Gasteiger partial charge in [0.25, 0.3) is 0 Å². The second kappa shape index (κ2) is 5.24. The van der Waals surface area contributed by atoms with Crippen LogP contribution in [0.2, 0.25) is 5.22 Å². The molecule has 1 aliphatic carbocycles. The first-order valence-corrected chi connectivity index (χ1v) is 6.50. The number of hydrogen-bond acceptors (Lipinski definition) is 2. The van der Waals surface area contributed by atoms with E-state index >= 15 is 0 Å². The lowest BCUT2D eigenvalue weighted by atomic mass is 9.80. The SMILES string of the molecule is CC1CCC(NCc2ccc(Cl)o2)C(C)C1. The molecular formula is C13H20ClNO. The molecule has 0 saturated heterocycles. The quantitative estimate of drug-likeness (QED) is 0.870. The molecule has 16 heavy (non-hydrogen) atoms. The number of nitrogens with one attached hydrogen (secondary N) is 1. The smallest absolute Gasteiger partial charge is 0.193 e. The second-order valence-corrected chi connectivity index (χ2v) is 5.46. The molecule has 2 rings (SSSR count). The summed E-state index contributed by atoms with van der Waals surface area (Å²) in [6.45, 7) is 5.47. The highest BCUT2D eigenvalue weighted by Crippen LogP contribution is 2.28. The highest BCUT2D eigenvalue weighted by Gasteiger charge is 2.24. The Morgan fingerprint density at radius 2 is 2.19 bits per heavy atom. The summed E-state index contributed by atoms with van der Waals surface area (Å²) in [7, 11) is 0. The van der Waals surface area contributed by atoms with Gasteiger partial charge >= 0.3 is 0 Å². The van der Waals surface area contributed by atoms with Crippen LogP contribution in [0.25, 0.3) is 0 Å². The van der Waals surface area contributed by atoms with Crippen LogP contribution in [0.4, 0.5) is 0 Å². The van der Waals surface area contributed by atoms with E-state index < -0.39 is 0 Å². The van der Waals surface area contributed by atoms with Gasteiger partial charge in [0, 0.05) is 6.04 Å². The third kappa shape index (κ3) is 3.02. The summed E-state index contributed by atoms with van der Waals surface area (Å²) < 4.78 is 5.33.